The van der Waals surface area contributed by atoms with Gasteiger partial charge in [0.15, 0.2) is 0 Å². The molecule has 0 fully saturated rings. The molecule has 0 aliphatic carbocycles. The van der Waals surface area contributed by atoms with E-state index >= 15 is 0 Å². The van der Waals surface area contributed by atoms with Crippen LogP contribution in [0.3, 0.4) is 0 Å². The summed E-state index contributed by atoms with van der Waals surface area (Å²) in [6.45, 7) is 8.69. The van der Waals surface area contributed by atoms with Crippen LogP contribution in [-0.2, 0) is 0 Å². The number of hydrogen-bond acceptors (Lipinski definition) is 3. The lowest BCUT2D eigenvalue weighted by molar-refractivity contribution is 0.339. The Hall–Kier alpha value is -1.45. The van der Waals surface area contributed by atoms with Gasteiger partial charge < -0.3 is 5.73 Å². The molecular formula is C18H24N2S. The molecule has 0 saturated carbocycles. The minimum absolute atomic E-state index is 0.859. The van der Waals surface area contributed by atoms with E-state index < -0.39 is 0 Å². The standard InChI is InChI=1S/C18H24N2S/c1-3-6-16(21)13-20-10-5-4-7-15(12-20)17-11-14(2)8-9-18(17)19/h3,6-9,11,21H,1,4-5,10,12-13,19H2,2H3/b16-6-. The molecule has 2 N–H and O–H groups in total. The third-order valence-electron chi connectivity index (χ3n) is 3.71. The van der Waals surface area contributed by atoms with Crippen LogP contribution in [0.15, 0.2) is 47.9 Å². The minimum atomic E-state index is 0.859. The first-order chi connectivity index (χ1) is 10.1. The van der Waals surface area contributed by atoms with Crippen molar-refractivity contribution < 1.29 is 0 Å². The van der Waals surface area contributed by atoms with E-state index in [0.717, 1.165) is 36.6 Å². The second-order valence-corrected chi connectivity index (χ2v) is 6.14. The lowest BCUT2D eigenvalue weighted by atomic mass is 10.0. The number of nitrogens with two attached hydrogens (primary N) is 1. The Bertz CT molecular complexity index is 573. The molecule has 1 aromatic rings. The van der Waals surface area contributed by atoms with E-state index in [1.165, 1.54) is 23.1 Å². The van der Waals surface area contributed by atoms with Crippen molar-refractivity contribution in [3.05, 3.63) is 59.0 Å². The molecule has 0 spiro atoms. The van der Waals surface area contributed by atoms with Crippen LogP contribution in [0.25, 0.3) is 5.57 Å². The number of allylic oxidation sites excluding steroid dienone is 3. The van der Waals surface area contributed by atoms with Gasteiger partial charge in [-0.25, -0.2) is 0 Å². The number of thiol groups is 1. The average Bonchev–Trinajstić information content (AvgIpc) is 2.67. The van der Waals surface area contributed by atoms with Gasteiger partial charge in [0.1, 0.15) is 0 Å². The fraction of sp³-hybridized carbons (Fsp3) is 0.333. The van der Waals surface area contributed by atoms with Gasteiger partial charge in [-0.2, -0.15) is 0 Å². The van der Waals surface area contributed by atoms with Crippen molar-refractivity contribution in [2.75, 3.05) is 25.4 Å². The molecule has 0 unspecified atom stereocenters. The summed E-state index contributed by atoms with van der Waals surface area (Å²) < 4.78 is 0. The van der Waals surface area contributed by atoms with Gasteiger partial charge in [0.05, 0.1) is 0 Å². The number of anilines is 1. The Morgan fingerprint density at radius 2 is 2.29 bits per heavy atom. The maximum Gasteiger partial charge on any atom is 0.0391 e. The number of nitrogen functional groups attached to an aromatic ring is 1. The van der Waals surface area contributed by atoms with Crippen LogP contribution in [-0.4, -0.2) is 24.5 Å². The van der Waals surface area contributed by atoms with Gasteiger partial charge in [-0.15, -0.1) is 12.6 Å². The van der Waals surface area contributed by atoms with E-state index in [2.05, 4.69) is 49.2 Å². The molecule has 2 rings (SSSR count). The van der Waals surface area contributed by atoms with Gasteiger partial charge in [0.2, 0.25) is 0 Å². The summed E-state index contributed by atoms with van der Waals surface area (Å²) >= 11 is 4.51. The lowest BCUT2D eigenvalue weighted by Crippen LogP contribution is -2.27. The number of benzene rings is 1. The molecule has 112 valence electrons. The van der Waals surface area contributed by atoms with Crippen LogP contribution in [0.2, 0.25) is 0 Å². The first kappa shape index (κ1) is 15.9. The van der Waals surface area contributed by atoms with Crippen molar-refractivity contribution in [1.82, 2.24) is 4.90 Å². The second-order valence-electron chi connectivity index (χ2n) is 5.57. The second kappa shape index (κ2) is 7.53. The van der Waals surface area contributed by atoms with E-state index in [0.29, 0.717) is 0 Å². The summed E-state index contributed by atoms with van der Waals surface area (Å²) in [6.07, 6.45) is 8.35. The Labute approximate surface area is 133 Å². The molecule has 0 aromatic heterocycles. The molecular weight excluding hydrogens is 276 g/mol. The Balaban J connectivity index is 2.19. The maximum absolute atomic E-state index is 6.17. The van der Waals surface area contributed by atoms with Crippen molar-refractivity contribution in [2.24, 2.45) is 0 Å². The third kappa shape index (κ3) is 4.51. The van der Waals surface area contributed by atoms with E-state index in [4.69, 9.17) is 5.73 Å². The van der Waals surface area contributed by atoms with Gasteiger partial charge in [-0.3, -0.25) is 4.90 Å². The highest BCUT2D eigenvalue weighted by Gasteiger charge is 2.15. The highest BCUT2D eigenvalue weighted by Crippen LogP contribution is 2.26. The minimum Gasteiger partial charge on any atom is -0.398 e. The van der Waals surface area contributed by atoms with Crippen LogP contribution in [0.1, 0.15) is 24.0 Å². The molecule has 1 aliphatic heterocycles. The molecule has 0 saturated heterocycles. The van der Waals surface area contributed by atoms with Crippen molar-refractivity contribution in [3.63, 3.8) is 0 Å². The molecule has 3 heteroatoms. The molecule has 0 bridgehead atoms. The Morgan fingerprint density at radius 1 is 1.48 bits per heavy atom. The normalized spacial score (nSPS) is 17.2. The predicted octanol–water partition coefficient (Wildman–Crippen LogP) is 4.06. The fourth-order valence-corrected chi connectivity index (χ4v) is 2.98. The van der Waals surface area contributed by atoms with E-state index in [9.17, 15) is 0 Å². The highest BCUT2D eigenvalue weighted by molar-refractivity contribution is 7.84. The molecule has 1 aromatic carbocycles. The number of rotatable bonds is 4. The molecule has 21 heavy (non-hydrogen) atoms. The van der Waals surface area contributed by atoms with Crippen LogP contribution in [0.5, 0.6) is 0 Å². The van der Waals surface area contributed by atoms with Gasteiger partial charge in [-0.1, -0.05) is 36.4 Å². The number of nitrogens with zero attached hydrogens (tertiary/aromatic N) is 1. The quantitative estimate of drug-likeness (QED) is 0.499. The first-order valence-electron chi connectivity index (χ1n) is 7.38. The zero-order valence-electron chi connectivity index (χ0n) is 12.7. The van der Waals surface area contributed by atoms with Crippen LogP contribution >= 0.6 is 12.6 Å². The SMILES string of the molecule is C=C/C=C(\S)CN1CCCC=C(c2cc(C)ccc2N)C1. The number of aryl methyl sites for hydroxylation is 1. The lowest BCUT2D eigenvalue weighted by Gasteiger charge is -2.22. The molecule has 0 atom stereocenters. The van der Waals surface area contributed by atoms with Gasteiger partial charge >= 0.3 is 0 Å². The van der Waals surface area contributed by atoms with Crippen LogP contribution in [0.4, 0.5) is 5.69 Å². The fourth-order valence-electron chi connectivity index (χ4n) is 2.67. The Morgan fingerprint density at radius 3 is 3.05 bits per heavy atom. The van der Waals surface area contributed by atoms with E-state index in [-0.39, 0.29) is 0 Å². The monoisotopic (exact) mass is 300 g/mol. The average molecular weight is 300 g/mol. The predicted molar refractivity (Wildman–Crippen MR) is 96.5 cm³/mol. The van der Waals surface area contributed by atoms with Gasteiger partial charge in [0, 0.05) is 24.3 Å². The molecule has 0 radical (unpaired) electrons. The Kier molecular flexibility index (Phi) is 5.71. The molecule has 0 amide bonds. The summed E-state index contributed by atoms with van der Waals surface area (Å²) in [5.74, 6) is 0. The van der Waals surface area contributed by atoms with Crippen LogP contribution < -0.4 is 5.73 Å². The zero-order valence-corrected chi connectivity index (χ0v) is 13.6. The summed E-state index contributed by atoms with van der Waals surface area (Å²) in [7, 11) is 0. The molecule has 2 nitrogen and oxygen atoms in total. The summed E-state index contributed by atoms with van der Waals surface area (Å²) in [5.41, 5.74) is 10.8. The number of hydrogen-bond donors (Lipinski definition) is 2. The van der Waals surface area contributed by atoms with Crippen molar-refractivity contribution >= 4 is 23.9 Å². The smallest absolute Gasteiger partial charge is 0.0391 e. The molecule has 1 aliphatic rings. The third-order valence-corrected chi connectivity index (χ3v) is 4.00. The highest BCUT2D eigenvalue weighted by atomic mass is 32.1. The van der Waals surface area contributed by atoms with E-state index in [1.54, 1.807) is 6.08 Å². The van der Waals surface area contributed by atoms with Gasteiger partial charge in [-0.05, 0) is 48.9 Å². The van der Waals surface area contributed by atoms with Gasteiger partial charge in [0.25, 0.3) is 0 Å². The largest absolute Gasteiger partial charge is 0.398 e. The topological polar surface area (TPSA) is 29.3 Å². The summed E-state index contributed by atoms with van der Waals surface area (Å²) in [6, 6.07) is 6.25. The van der Waals surface area contributed by atoms with Crippen molar-refractivity contribution in [3.8, 4) is 0 Å². The first-order valence-corrected chi connectivity index (χ1v) is 7.83. The summed E-state index contributed by atoms with van der Waals surface area (Å²) in [5, 5.41) is 0. The summed E-state index contributed by atoms with van der Waals surface area (Å²) in [4.78, 5) is 3.46. The molecule has 1 heterocycles. The van der Waals surface area contributed by atoms with Crippen LogP contribution in [0, 0.1) is 6.92 Å². The zero-order chi connectivity index (χ0) is 15.2. The maximum atomic E-state index is 6.17. The van der Waals surface area contributed by atoms with Crippen molar-refractivity contribution in [1.29, 1.82) is 0 Å². The van der Waals surface area contributed by atoms with E-state index in [1.807, 2.05) is 12.1 Å². The van der Waals surface area contributed by atoms with Crippen molar-refractivity contribution in [2.45, 2.75) is 19.8 Å².